The first-order valence-electron chi connectivity index (χ1n) is 8.72. The Kier molecular flexibility index (Phi) is 5.53. The average Bonchev–Trinajstić information content (AvgIpc) is 2.64. The Balaban J connectivity index is 1.77. The molecule has 1 unspecified atom stereocenters. The molecule has 2 aliphatic rings. The number of aliphatic hydroxyl groups excluding tert-OH is 2. The van der Waals surface area contributed by atoms with E-state index in [1.165, 1.54) is 0 Å². The number of likely N-dealkylation sites (tertiary alicyclic amines) is 1. The van der Waals surface area contributed by atoms with Crippen molar-refractivity contribution in [3.63, 3.8) is 0 Å². The molecule has 134 valence electrons. The van der Waals surface area contributed by atoms with Crippen LogP contribution in [-0.4, -0.2) is 65.0 Å². The summed E-state index contributed by atoms with van der Waals surface area (Å²) in [5.74, 6) is 1.22. The fraction of sp³-hybridized carbons (Fsp3) is 0.556. The molecule has 0 amide bonds. The van der Waals surface area contributed by atoms with Crippen molar-refractivity contribution in [3.05, 3.63) is 30.0 Å². The zero-order valence-corrected chi connectivity index (χ0v) is 14.5. The number of hydrogen-bond donors (Lipinski definition) is 3. The van der Waals surface area contributed by atoms with E-state index in [-0.39, 0.29) is 12.6 Å². The minimum atomic E-state index is -0.728. The van der Waals surface area contributed by atoms with Crippen molar-refractivity contribution in [1.29, 1.82) is 5.26 Å². The minimum Gasteiger partial charge on any atom is -0.394 e. The fourth-order valence-corrected chi connectivity index (χ4v) is 3.64. The number of nitrogens with one attached hydrogen (secondary N) is 1. The van der Waals surface area contributed by atoms with Gasteiger partial charge in [-0.15, -0.1) is 0 Å². The van der Waals surface area contributed by atoms with Crippen molar-refractivity contribution in [1.82, 2.24) is 15.2 Å². The van der Waals surface area contributed by atoms with Gasteiger partial charge in [-0.1, -0.05) is 6.92 Å². The van der Waals surface area contributed by atoms with Gasteiger partial charge < -0.3 is 20.4 Å². The van der Waals surface area contributed by atoms with Gasteiger partial charge >= 0.3 is 0 Å². The van der Waals surface area contributed by atoms with Crippen LogP contribution in [-0.2, 0) is 0 Å². The quantitative estimate of drug-likeness (QED) is 0.665. The van der Waals surface area contributed by atoms with Gasteiger partial charge in [0.15, 0.2) is 12.0 Å². The Morgan fingerprint density at radius 3 is 3.08 bits per heavy atom. The molecule has 0 aromatic carbocycles. The van der Waals surface area contributed by atoms with Gasteiger partial charge in [-0.3, -0.25) is 4.90 Å². The molecule has 0 spiro atoms. The topological polar surface area (TPSA) is 95.6 Å². The van der Waals surface area contributed by atoms with Crippen molar-refractivity contribution >= 4 is 11.5 Å². The van der Waals surface area contributed by atoms with Crippen LogP contribution in [0.25, 0.3) is 5.70 Å². The zero-order valence-electron chi connectivity index (χ0n) is 14.5. The third-order valence-corrected chi connectivity index (χ3v) is 4.76. The standard InChI is InChI=1S/C18H25N5O2/c1-13-7-14(21-8-15(25)11-24)10-23(9-13)17-4-6-22(12-19)18-16(17)3-2-5-20-18/h2-5,13-15,21,24-25H,6-11H2,1H3/t13-,14+,15?/m0/s1. The molecule has 3 heterocycles. The number of anilines is 1. The molecule has 0 aliphatic carbocycles. The minimum absolute atomic E-state index is 0.229. The molecular weight excluding hydrogens is 318 g/mol. The first-order chi connectivity index (χ1) is 12.1. The first kappa shape index (κ1) is 17.7. The number of piperidine rings is 1. The molecule has 3 rings (SSSR count). The maximum atomic E-state index is 9.57. The second kappa shape index (κ2) is 7.83. The number of hydrogen-bond acceptors (Lipinski definition) is 7. The molecular formula is C18H25N5O2. The van der Waals surface area contributed by atoms with Crippen molar-refractivity contribution in [2.75, 3.05) is 37.7 Å². The maximum Gasteiger partial charge on any atom is 0.185 e. The van der Waals surface area contributed by atoms with Gasteiger partial charge in [-0.2, -0.15) is 5.26 Å². The SMILES string of the molecule is C[C@H]1C[C@@H](NCC(O)CO)CN(C2=CCN(C#N)c3ncccc32)C1. The highest BCUT2D eigenvalue weighted by Crippen LogP contribution is 2.33. The second-order valence-electron chi connectivity index (χ2n) is 6.86. The number of fused-ring (bicyclic) bond motifs is 1. The van der Waals surface area contributed by atoms with Gasteiger partial charge in [0.1, 0.15) is 0 Å². The van der Waals surface area contributed by atoms with Crippen molar-refractivity contribution in [3.8, 4) is 6.19 Å². The molecule has 0 radical (unpaired) electrons. The lowest BCUT2D eigenvalue weighted by Crippen LogP contribution is -2.50. The van der Waals surface area contributed by atoms with Crippen LogP contribution in [0.15, 0.2) is 24.4 Å². The van der Waals surface area contributed by atoms with Crippen LogP contribution >= 0.6 is 0 Å². The van der Waals surface area contributed by atoms with Gasteiger partial charge in [0.2, 0.25) is 0 Å². The van der Waals surface area contributed by atoms with E-state index in [1.807, 2.05) is 12.1 Å². The Morgan fingerprint density at radius 2 is 2.32 bits per heavy atom. The van der Waals surface area contributed by atoms with E-state index in [0.717, 1.165) is 30.8 Å². The van der Waals surface area contributed by atoms with E-state index in [0.29, 0.717) is 24.8 Å². The summed E-state index contributed by atoms with van der Waals surface area (Å²) in [4.78, 5) is 8.32. The number of pyridine rings is 1. The highest BCUT2D eigenvalue weighted by Gasteiger charge is 2.30. The van der Waals surface area contributed by atoms with Crippen LogP contribution in [0.3, 0.4) is 0 Å². The van der Waals surface area contributed by atoms with Crippen LogP contribution in [0, 0.1) is 17.4 Å². The molecule has 1 fully saturated rings. The predicted octanol–water partition coefficient (Wildman–Crippen LogP) is 0.377. The number of rotatable bonds is 5. The molecule has 7 nitrogen and oxygen atoms in total. The molecule has 1 aromatic heterocycles. The summed E-state index contributed by atoms with van der Waals surface area (Å²) >= 11 is 0. The highest BCUT2D eigenvalue weighted by molar-refractivity contribution is 5.78. The fourth-order valence-electron chi connectivity index (χ4n) is 3.64. The lowest BCUT2D eigenvalue weighted by molar-refractivity contribution is 0.0868. The van der Waals surface area contributed by atoms with Crippen molar-refractivity contribution in [2.24, 2.45) is 5.92 Å². The largest absolute Gasteiger partial charge is 0.394 e. The molecule has 2 aliphatic heterocycles. The molecule has 7 heteroatoms. The van der Waals surface area contributed by atoms with E-state index < -0.39 is 6.10 Å². The normalized spacial score (nSPS) is 24.3. The smallest absolute Gasteiger partial charge is 0.185 e. The highest BCUT2D eigenvalue weighted by atomic mass is 16.3. The molecule has 3 N–H and O–H groups in total. The van der Waals surface area contributed by atoms with Gasteiger partial charge in [-0.25, -0.2) is 4.98 Å². The summed E-state index contributed by atoms with van der Waals surface area (Å²) in [5.41, 5.74) is 2.11. The summed E-state index contributed by atoms with van der Waals surface area (Å²) in [6.07, 6.45) is 6.29. The van der Waals surface area contributed by atoms with E-state index in [2.05, 4.69) is 34.4 Å². The summed E-state index contributed by atoms with van der Waals surface area (Å²) in [5, 5.41) is 31.2. The molecule has 25 heavy (non-hydrogen) atoms. The lowest BCUT2D eigenvalue weighted by atomic mass is 9.94. The Labute approximate surface area is 148 Å². The summed E-state index contributed by atoms with van der Waals surface area (Å²) in [6.45, 7) is 4.69. The maximum absolute atomic E-state index is 9.57. The molecule has 3 atom stereocenters. The summed E-state index contributed by atoms with van der Waals surface area (Å²) in [6, 6.07) is 4.16. The van der Waals surface area contributed by atoms with Crippen LogP contribution in [0.1, 0.15) is 18.9 Å². The van der Waals surface area contributed by atoms with Crippen LogP contribution in [0.4, 0.5) is 5.82 Å². The Hall–Kier alpha value is -2.14. The third-order valence-electron chi connectivity index (χ3n) is 4.76. The summed E-state index contributed by atoms with van der Waals surface area (Å²) in [7, 11) is 0. The average molecular weight is 343 g/mol. The monoisotopic (exact) mass is 343 g/mol. The van der Waals surface area contributed by atoms with Crippen LogP contribution in [0.5, 0.6) is 0 Å². The molecule has 0 saturated carbocycles. The molecule has 1 aromatic rings. The van der Waals surface area contributed by atoms with E-state index in [4.69, 9.17) is 5.11 Å². The first-order valence-corrected chi connectivity index (χ1v) is 8.72. The number of nitrogens with zero attached hydrogens (tertiary/aromatic N) is 4. The molecule has 0 bridgehead atoms. The van der Waals surface area contributed by atoms with Gasteiger partial charge in [-0.05, 0) is 30.5 Å². The number of nitriles is 1. The third kappa shape index (κ3) is 3.93. The number of aliphatic hydroxyl groups is 2. The van der Waals surface area contributed by atoms with E-state index in [1.54, 1.807) is 11.1 Å². The second-order valence-corrected chi connectivity index (χ2v) is 6.86. The zero-order chi connectivity index (χ0) is 17.8. The van der Waals surface area contributed by atoms with E-state index >= 15 is 0 Å². The Morgan fingerprint density at radius 1 is 1.48 bits per heavy atom. The van der Waals surface area contributed by atoms with Gasteiger partial charge in [0.05, 0.1) is 19.3 Å². The van der Waals surface area contributed by atoms with Gasteiger partial charge in [0, 0.05) is 43.1 Å². The predicted molar refractivity (Wildman–Crippen MR) is 95.4 cm³/mol. The van der Waals surface area contributed by atoms with Crippen molar-refractivity contribution < 1.29 is 10.2 Å². The van der Waals surface area contributed by atoms with Gasteiger partial charge in [0.25, 0.3) is 0 Å². The van der Waals surface area contributed by atoms with Crippen molar-refractivity contribution in [2.45, 2.75) is 25.5 Å². The lowest BCUT2D eigenvalue weighted by Gasteiger charge is -2.41. The van der Waals surface area contributed by atoms with E-state index in [9.17, 15) is 10.4 Å². The Bertz CT molecular complexity index is 672. The van der Waals surface area contributed by atoms with Crippen LogP contribution < -0.4 is 10.2 Å². The van der Waals surface area contributed by atoms with Crippen LogP contribution in [0.2, 0.25) is 0 Å². The number of aromatic nitrogens is 1. The molecule has 1 saturated heterocycles. The summed E-state index contributed by atoms with van der Waals surface area (Å²) < 4.78 is 0.